The zero-order valence-corrected chi connectivity index (χ0v) is 16.0. The summed E-state index contributed by atoms with van der Waals surface area (Å²) < 4.78 is 0. The molecule has 0 aliphatic rings. The summed E-state index contributed by atoms with van der Waals surface area (Å²) in [5.74, 6) is -2.05. The fourth-order valence-corrected chi connectivity index (χ4v) is 3.00. The van der Waals surface area contributed by atoms with Crippen molar-refractivity contribution in [1.82, 2.24) is 5.32 Å². The van der Waals surface area contributed by atoms with Crippen LogP contribution in [0.3, 0.4) is 0 Å². The van der Waals surface area contributed by atoms with Crippen LogP contribution < -0.4 is 10.6 Å². The maximum atomic E-state index is 12.5. The lowest BCUT2D eigenvalue weighted by Crippen LogP contribution is -2.19. The lowest BCUT2D eigenvalue weighted by Gasteiger charge is -2.10. The number of benzene rings is 3. The van der Waals surface area contributed by atoms with Gasteiger partial charge in [0.1, 0.15) is 0 Å². The standard InChI is InChI=1S/C23H20N2O4/c1-14(16-8-7-15-5-3-4-6-17(15)12-16)11-21(26)25-20-13-18(22(27)24-2)9-10-19(20)23(28)29/h3-13H,1-2H3,(H,24,27)(H,25,26)(H,28,29). The van der Waals surface area contributed by atoms with Crippen LogP contribution >= 0.6 is 0 Å². The third kappa shape index (κ3) is 4.50. The molecule has 2 amide bonds. The molecule has 0 saturated carbocycles. The Morgan fingerprint density at radius 2 is 1.59 bits per heavy atom. The third-order valence-corrected chi connectivity index (χ3v) is 4.55. The van der Waals surface area contributed by atoms with E-state index in [-0.39, 0.29) is 22.7 Å². The molecule has 0 atom stereocenters. The van der Waals surface area contributed by atoms with Crippen molar-refractivity contribution in [2.24, 2.45) is 0 Å². The molecule has 0 heterocycles. The van der Waals surface area contributed by atoms with Crippen molar-refractivity contribution in [2.45, 2.75) is 6.92 Å². The van der Waals surface area contributed by atoms with E-state index >= 15 is 0 Å². The SMILES string of the molecule is CNC(=O)c1ccc(C(=O)O)c(NC(=O)C=C(C)c2ccc3ccccc3c2)c1. The minimum absolute atomic E-state index is 0.0613. The van der Waals surface area contributed by atoms with Crippen LogP contribution in [0, 0.1) is 0 Å². The first-order chi connectivity index (χ1) is 13.9. The Bertz CT molecular complexity index is 1150. The Labute approximate surface area is 167 Å². The summed E-state index contributed by atoms with van der Waals surface area (Å²) in [7, 11) is 1.47. The van der Waals surface area contributed by atoms with Gasteiger partial charge in [-0.1, -0.05) is 36.4 Å². The zero-order valence-electron chi connectivity index (χ0n) is 16.0. The predicted molar refractivity (Wildman–Crippen MR) is 113 cm³/mol. The van der Waals surface area contributed by atoms with Crippen LogP contribution in [0.15, 0.2) is 66.7 Å². The van der Waals surface area contributed by atoms with Gasteiger partial charge in [0.2, 0.25) is 5.91 Å². The highest BCUT2D eigenvalue weighted by Gasteiger charge is 2.15. The van der Waals surface area contributed by atoms with E-state index in [4.69, 9.17) is 0 Å². The van der Waals surface area contributed by atoms with Crippen LogP contribution in [0.4, 0.5) is 5.69 Å². The van der Waals surface area contributed by atoms with Crippen molar-refractivity contribution in [3.8, 4) is 0 Å². The molecule has 3 rings (SSSR count). The van der Waals surface area contributed by atoms with E-state index in [0.717, 1.165) is 21.9 Å². The van der Waals surface area contributed by atoms with Crippen molar-refractivity contribution >= 4 is 39.8 Å². The first-order valence-corrected chi connectivity index (χ1v) is 8.97. The molecular formula is C23H20N2O4. The average Bonchev–Trinajstić information content (AvgIpc) is 2.72. The maximum absolute atomic E-state index is 12.5. The van der Waals surface area contributed by atoms with Crippen LogP contribution in [-0.4, -0.2) is 29.9 Å². The quantitative estimate of drug-likeness (QED) is 0.577. The first kappa shape index (κ1) is 19.8. The number of carbonyl (C=O) groups excluding carboxylic acids is 2. The molecular weight excluding hydrogens is 368 g/mol. The molecule has 3 N–H and O–H groups in total. The maximum Gasteiger partial charge on any atom is 0.337 e. The van der Waals surface area contributed by atoms with Gasteiger partial charge in [0, 0.05) is 18.7 Å². The molecule has 29 heavy (non-hydrogen) atoms. The van der Waals surface area contributed by atoms with Crippen LogP contribution in [0.1, 0.15) is 33.2 Å². The van der Waals surface area contributed by atoms with E-state index in [9.17, 15) is 19.5 Å². The molecule has 3 aromatic carbocycles. The number of carbonyl (C=O) groups is 3. The Kier molecular flexibility index (Phi) is 5.74. The first-order valence-electron chi connectivity index (χ1n) is 8.97. The number of allylic oxidation sites excluding steroid dienone is 1. The van der Waals surface area contributed by atoms with Crippen LogP contribution in [0.25, 0.3) is 16.3 Å². The monoisotopic (exact) mass is 388 g/mol. The molecule has 146 valence electrons. The lowest BCUT2D eigenvalue weighted by atomic mass is 10.0. The number of carboxylic acid groups (broad SMARTS) is 1. The fraction of sp³-hybridized carbons (Fsp3) is 0.0870. The minimum atomic E-state index is -1.20. The van der Waals surface area contributed by atoms with Crippen LogP contribution in [-0.2, 0) is 4.79 Å². The van der Waals surface area contributed by atoms with Gasteiger partial charge in [0.05, 0.1) is 11.3 Å². The molecule has 0 unspecified atom stereocenters. The second-order valence-electron chi connectivity index (χ2n) is 6.52. The number of anilines is 1. The van der Waals surface area contributed by atoms with Crippen molar-refractivity contribution in [1.29, 1.82) is 0 Å². The zero-order chi connectivity index (χ0) is 21.0. The van der Waals surface area contributed by atoms with Crippen molar-refractivity contribution in [3.63, 3.8) is 0 Å². The second kappa shape index (κ2) is 8.39. The summed E-state index contributed by atoms with van der Waals surface area (Å²) in [6.45, 7) is 1.81. The van der Waals surface area contributed by atoms with Gasteiger partial charge in [-0.15, -0.1) is 0 Å². The lowest BCUT2D eigenvalue weighted by molar-refractivity contribution is -0.111. The summed E-state index contributed by atoms with van der Waals surface area (Å²) >= 11 is 0. The number of hydrogen-bond acceptors (Lipinski definition) is 3. The number of carboxylic acids is 1. The third-order valence-electron chi connectivity index (χ3n) is 4.55. The predicted octanol–water partition coefficient (Wildman–Crippen LogP) is 3.94. The van der Waals surface area contributed by atoms with E-state index in [2.05, 4.69) is 10.6 Å². The summed E-state index contributed by atoms with van der Waals surface area (Å²) in [5.41, 5.74) is 1.83. The molecule has 6 heteroatoms. The van der Waals surface area contributed by atoms with Gasteiger partial charge in [-0.05, 0) is 53.1 Å². The molecule has 0 radical (unpaired) electrons. The number of nitrogens with one attached hydrogen (secondary N) is 2. The molecule has 0 aliphatic carbocycles. The summed E-state index contributed by atoms with van der Waals surface area (Å²) in [6.07, 6.45) is 1.41. The summed E-state index contributed by atoms with van der Waals surface area (Å²) in [5, 5.41) is 16.6. The van der Waals surface area contributed by atoms with E-state index in [1.165, 1.54) is 31.3 Å². The number of aromatic carboxylic acids is 1. The number of amides is 2. The molecule has 0 fully saturated rings. The van der Waals surface area contributed by atoms with Gasteiger partial charge < -0.3 is 15.7 Å². The van der Waals surface area contributed by atoms with Crippen molar-refractivity contribution in [2.75, 3.05) is 12.4 Å². The van der Waals surface area contributed by atoms with Crippen molar-refractivity contribution in [3.05, 3.63) is 83.4 Å². The van der Waals surface area contributed by atoms with Crippen LogP contribution in [0.5, 0.6) is 0 Å². The summed E-state index contributed by atoms with van der Waals surface area (Å²) in [6, 6.07) is 17.9. The molecule has 0 aromatic heterocycles. The Morgan fingerprint density at radius 1 is 0.897 bits per heavy atom. The van der Waals surface area contributed by atoms with E-state index < -0.39 is 11.9 Å². The highest BCUT2D eigenvalue weighted by molar-refractivity contribution is 6.08. The molecule has 0 saturated heterocycles. The van der Waals surface area contributed by atoms with Crippen LogP contribution in [0.2, 0.25) is 0 Å². The Morgan fingerprint density at radius 3 is 2.28 bits per heavy atom. The smallest absolute Gasteiger partial charge is 0.337 e. The topological polar surface area (TPSA) is 95.5 Å². The minimum Gasteiger partial charge on any atom is -0.478 e. The molecule has 3 aromatic rings. The number of rotatable bonds is 5. The summed E-state index contributed by atoms with van der Waals surface area (Å²) in [4.78, 5) is 35.8. The highest BCUT2D eigenvalue weighted by atomic mass is 16.4. The van der Waals surface area contributed by atoms with E-state index in [1.54, 1.807) is 0 Å². The Hall–Kier alpha value is -3.93. The molecule has 0 spiro atoms. The number of fused-ring (bicyclic) bond motifs is 1. The van der Waals surface area contributed by atoms with Gasteiger partial charge >= 0.3 is 5.97 Å². The average molecular weight is 388 g/mol. The van der Waals surface area contributed by atoms with E-state index in [1.807, 2.05) is 49.4 Å². The molecule has 0 bridgehead atoms. The van der Waals surface area contributed by atoms with Gasteiger partial charge in [-0.2, -0.15) is 0 Å². The molecule has 6 nitrogen and oxygen atoms in total. The largest absolute Gasteiger partial charge is 0.478 e. The second-order valence-corrected chi connectivity index (χ2v) is 6.52. The van der Waals surface area contributed by atoms with Gasteiger partial charge in [-0.3, -0.25) is 9.59 Å². The Balaban J connectivity index is 1.88. The fourth-order valence-electron chi connectivity index (χ4n) is 3.00. The van der Waals surface area contributed by atoms with Gasteiger partial charge in [0.15, 0.2) is 0 Å². The highest BCUT2D eigenvalue weighted by Crippen LogP contribution is 2.22. The molecule has 0 aliphatic heterocycles. The number of hydrogen-bond donors (Lipinski definition) is 3. The van der Waals surface area contributed by atoms with Gasteiger partial charge in [-0.25, -0.2) is 4.79 Å². The van der Waals surface area contributed by atoms with Crippen molar-refractivity contribution < 1.29 is 19.5 Å². The van der Waals surface area contributed by atoms with Gasteiger partial charge in [0.25, 0.3) is 5.91 Å². The van der Waals surface area contributed by atoms with E-state index in [0.29, 0.717) is 0 Å². The normalized spacial score (nSPS) is 11.2.